The van der Waals surface area contributed by atoms with Crippen LogP contribution in [0.2, 0.25) is 5.02 Å². The van der Waals surface area contributed by atoms with Gasteiger partial charge in [0.2, 0.25) is 0 Å². The summed E-state index contributed by atoms with van der Waals surface area (Å²) in [5.74, 6) is -0.403. The molecule has 4 nitrogen and oxygen atoms in total. The molecular formula is C16H16ClNO3S. The summed E-state index contributed by atoms with van der Waals surface area (Å²) in [4.78, 5) is 23.7. The van der Waals surface area contributed by atoms with Crippen molar-refractivity contribution in [1.29, 1.82) is 0 Å². The fraction of sp³-hybridized carbons (Fsp3) is 0.250. The van der Waals surface area contributed by atoms with Crippen molar-refractivity contribution in [2.24, 2.45) is 0 Å². The van der Waals surface area contributed by atoms with E-state index >= 15 is 0 Å². The van der Waals surface area contributed by atoms with E-state index in [0.29, 0.717) is 23.6 Å². The van der Waals surface area contributed by atoms with Gasteiger partial charge in [0, 0.05) is 22.9 Å². The Kier molecular flexibility index (Phi) is 6.12. The zero-order valence-corrected chi connectivity index (χ0v) is 13.6. The van der Waals surface area contributed by atoms with Crippen LogP contribution in [0.5, 0.6) is 0 Å². The maximum absolute atomic E-state index is 12.0. The standard InChI is InChI=1S/C16H16ClNO3S/c1-21-16(20)15(12-4-2-3-5-13(12)17)18-10-11-7-9-22-14(11)6-8-19/h2-5,7-9,15,18H,6,10H2,1H3. The van der Waals surface area contributed by atoms with E-state index in [4.69, 9.17) is 16.3 Å². The molecule has 0 fully saturated rings. The van der Waals surface area contributed by atoms with Gasteiger partial charge < -0.3 is 9.53 Å². The number of rotatable bonds is 7. The Labute approximate surface area is 138 Å². The van der Waals surface area contributed by atoms with Crippen molar-refractivity contribution < 1.29 is 14.3 Å². The largest absolute Gasteiger partial charge is 0.468 e. The van der Waals surface area contributed by atoms with Gasteiger partial charge in [0.1, 0.15) is 12.3 Å². The van der Waals surface area contributed by atoms with Gasteiger partial charge in [-0.15, -0.1) is 11.3 Å². The van der Waals surface area contributed by atoms with Crippen LogP contribution in [0.3, 0.4) is 0 Å². The van der Waals surface area contributed by atoms with Crippen molar-refractivity contribution in [3.63, 3.8) is 0 Å². The van der Waals surface area contributed by atoms with Crippen molar-refractivity contribution in [3.8, 4) is 0 Å². The highest BCUT2D eigenvalue weighted by Crippen LogP contribution is 2.25. The predicted molar refractivity (Wildman–Crippen MR) is 87.1 cm³/mol. The number of hydrogen-bond donors (Lipinski definition) is 1. The average molecular weight is 338 g/mol. The van der Waals surface area contributed by atoms with Crippen LogP contribution < -0.4 is 5.32 Å². The Bertz CT molecular complexity index is 656. The highest BCUT2D eigenvalue weighted by molar-refractivity contribution is 7.10. The van der Waals surface area contributed by atoms with E-state index in [0.717, 1.165) is 16.7 Å². The lowest BCUT2D eigenvalue weighted by molar-refractivity contribution is -0.143. The van der Waals surface area contributed by atoms with E-state index < -0.39 is 12.0 Å². The molecule has 0 radical (unpaired) electrons. The number of halogens is 1. The minimum Gasteiger partial charge on any atom is -0.468 e. The van der Waals surface area contributed by atoms with Crippen LogP contribution in [0.25, 0.3) is 0 Å². The second-order valence-corrected chi connectivity index (χ2v) is 6.01. The van der Waals surface area contributed by atoms with Crippen LogP contribution in [0, 0.1) is 0 Å². The number of carbonyl (C=O) groups excluding carboxylic acids is 2. The molecule has 0 aliphatic carbocycles. The number of aldehydes is 1. The molecule has 6 heteroatoms. The number of esters is 1. The van der Waals surface area contributed by atoms with Gasteiger partial charge in [-0.05, 0) is 28.6 Å². The molecule has 1 unspecified atom stereocenters. The van der Waals surface area contributed by atoms with Gasteiger partial charge >= 0.3 is 5.97 Å². The first-order valence-electron chi connectivity index (χ1n) is 6.72. The summed E-state index contributed by atoms with van der Waals surface area (Å²) in [6.45, 7) is 0.456. The summed E-state index contributed by atoms with van der Waals surface area (Å²) in [7, 11) is 1.34. The maximum atomic E-state index is 12.0. The van der Waals surface area contributed by atoms with Crippen LogP contribution in [0.4, 0.5) is 0 Å². The molecule has 116 valence electrons. The van der Waals surface area contributed by atoms with E-state index in [1.807, 2.05) is 17.5 Å². The molecule has 1 aromatic carbocycles. The second kappa shape index (κ2) is 8.08. The first-order valence-corrected chi connectivity index (χ1v) is 7.97. The highest BCUT2D eigenvalue weighted by Gasteiger charge is 2.23. The number of thiophene rings is 1. The van der Waals surface area contributed by atoms with Gasteiger partial charge in [-0.2, -0.15) is 0 Å². The molecule has 1 N–H and O–H groups in total. The van der Waals surface area contributed by atoms with Gasteiger partial charge in [-0.3, -0.25) is 5.32 Å². The first-order chi connectivity index (χ1) is 10.7. The van der Waals surface area contributed by atoms with E-state index in [2.05, 4.69) is 5.32 Å². The lowest BCUT2D eigenvalue weighted by Crippen LogP contribution is -2.29. The number of hydrogen-bond acceptors (Lipinski definition) is 5. The molecular weight excluding hydrogens is 322 g/mol. The summed E-state index contributed by atoms with van der Waals surface area (Å²) in [6, 6.07) is 8.44. The number of nitrogens with one attached hydrogen (secondary N) is 1. The zero-order valence-electron chi connectivity index (χ0n) is 12.0. The van der Waals surface area contributed by atoms with Crippen molar-refractivity contribution in [2.45, 2.75) is 19.0 Å². The van der Waals surface area contributed by atoms with Gasteiger partial charge in [0.05, 0.1) is 7.11 Å². The summed E-state index contributed by atoms with van der Waals surface area (Å²) in [6.07, 6.45) is 1.25. The molecule has 1 atom stereocenters. The fourth-order valence-corrected chi connectivity index (χ4v) is 3.24. The van der Waals surface area contributed by atoms with Crippen molar-refractivity contribution in [1.82, 2.24) is 5.32 Å². The average Bonchev–Trinajstić information content (AvgIpc) is 2.96. The topological polar surface area (TPSA) is 55.4 Å². The van der Waals surface area contributed by atoms with Crippen molar-refractivity contribution in [3.05, 3.63) is 56.7 Å². The van der Waals surface area contributed by atoms with Crippen LogP contribution in [0.15, 0.2) is 35.7 Å². The number of carbonyl (C=O) groups is 2. The van der Waals surface area contributed by atoms with E-state index in [9.17, 15) is 9.59 Å². The van der Waals surface area contributed by atoms with Crippen LogP contribution in [0.1, 0.15) is 22.0 Å². The third-order valence-electron chi connectivity index (χ3n) is 3.26. The molecule has 1 heterocycles. The molecule has 2 aromatic rings. The molecule has 22 heavy (non-hydrogen) atoms. The van der Waals surface area contributed by atoms with Crippen LogP contribution >= 0.6 is 22.9 Å². The third kappa shape index (κ3) is 3.94. The minimum absolute atomic E-state index is 0.379. The Balaban J connectivity index is 2.17. The lowest BCUT2D eigenvalue weighted by Gasteiger charge is -2.18. The fourth-order valence-electron chi connectivity index (χ4n) is 2.14. The second-order valence-electron chi connectivity index (χ2n) is 4.60. The lowest BCUT2D eigenvalue weighted by atomic mass is 10.1. The van der Waals surface area contributed by atoms with Gasteiger partial charge in [0.25, 0.3) is 0 Å². The molecule has 0 aliphatic rings. The highest BCUT2D eigenvalue weighted by atomic mass is 35.5. The number of ether oxygens (including phenoxy) is 1. The molecule has 0 saturated heterocycles. The van der Waals surface area contributed by atoms with E-state index in [1.165, 1.54) is 18.4 Å². The van der Waals surface area contributed by atoms with Crippen molar-refractivity contribution in [2.75, 3.05) is 7.11 Å². The van der Waals surface area contributed by atoms with Gasteiger partial charge in [0.15, 0.2) is 0 Å². The normalized spacial score (nSPS) is 11.9. The summed E-state index contributed by atoms with van der Waals surface area (Å²) in [5.41, 5.74) is 1.67. The van der Waals surface area contributed by atoms with Crippen LogP contribution in [-0.4, -0.2) is 19.4 Å². The quantitative estimate of drug-likeness (QED) is 0.623. The van der Waals surface area contributed by atoms with Crippen molar-refractivity contribution >= 4 is 35.2 Å². The Morgan fingerprint density at radius 1 is 1.41 bits per heavy atom. The van der Waals surface area contributed by atoms with E-state index in [-0.39, 0.29) is 0 Å². The molecule has 0 saturated carbocycles. The molecule has 2 rings (SSSR count). The predicted octanol–water partition coefficient (Wildman–Crippen LogP) is 3.15. The van der Waals surface area contributed by atoms with E-state index in [1.54, 1.807) is 18.2 Å². The zero-order chi connectivity index (χ0) is 15.9. The third-order valence-corrected chi connectivity index (χ3v) is 4.59. The summed E-state index contributed by atoms with van der Waals surface area (Å²) < 4.78 is 4.86. The first kappa shape index (κ1) is 16.7. The number of methoxy groups -OCH3 is 1. The SMILES string of the molecule is COC(=O)C(NCc1ccsc1CC=O)c1ccccc1Cl. The minimum atomic E-state index is -0.650. The Morgan fingerprint density at radius 3 is 2.86 bits per heavy atom. The number of benzene rings is 1. The Hall–Kier alpha value is -1.69. The summed E-state index contributed by atoms with van der Waals surface area (Å²) >= 11 is 7.70. The smallest absolute Gasteiger partial charge is 0.327 e. The van der Waals surface area contributed by atoms with Gasteiger partial charge in [-0.1, -0.05) is 29.8 Å². The molecule has 1 aromatic heterocycles. The molecule has 0 bridgehead atoms. The molecule has 0 amide bonds. The van der Waals surface area contributed by atoms with Crippen LogP contribution in [-0.2, 0) is 27.3 Å². The molecule has 0 aliphatic heterocycles. The Morgan fingerprint density at radius 2 is 2.18 bits per heavy atom. The van der Waals surface area contributed by atoms with Gasteiger partial charge in [-0.25, -0.2) is 4.79 Å². The molecule has 0 spiro atoms. The maximum Gasteiger partial charge on any atom is 0.327 e. The summed E-state index contributed by atoms with van der Waals surface area (Å²) in [5, 5.41) is 5.59. The monoisotopic (exact) mass is 337 g/mol.